The van der Waals surface area contributed by atoms with Gasteiger partial charge in [-0.2, -0.15) is 5.26 Å². The summed E-state index contributed by atoms with van der Waals surface area (Å²) in [5, 5.41) is 8.42. The fourth-order valence-electron chi connectivity index (χ4n) is 0.792. The van der Waals surface area contributed by atoms with E-state index < -0.39 is 23.4 Å². The van der Waals surface area contributed by atoms with Gasteiger partial charge in [-0.15, -0.1) is 0 Å². The molecule has 1 rings (SSSR count). The molecule has 1 aromatic rings. The van der Waals surface area contributed by atoms with Crippen molar-refractivity contribution < 1.29 is 13.2 Å². The van der Waals surface area contributed by atoms with Crippen LogP contribution in [0.15, 0.2) is 6.20 Å². The van der Waals surface area contributed by atoms with Crippen LogP contribution in [0.4, 0.5) is 13.2 Å². The van der Waals surface area contributed by atoms with Gasteiger partial charge in [-0.05, 0) is 22.6 Å². The number of hydrogen-bond donors (Lipinski definition) is 0. The van der Waals surface area contributed by atoms with Gasteiger partial charge in [0.15, 0.2) is 5.82 Å². The van der Waals surface area contributed by atoms with Gasteiger partial charge in [-0.3, -0.25) is 0 Å². The fraction of sp³-hybridized carbons (Fsp3) is 0.143. The van der Waals surface area contributed by atoms with Gasteiger partial charge in [-0.25, -0.2) is 18.2 Å². The predicted octanol–water partition coefficient (Wildman–Crippen LogP) is 2.63. The average molecular weight is 298 g/mol. The first-order valence-electron chi connectivity index (χ1n) is 3.10. The van der Waals surface area contributed by atoms with E-state index in [2.05, 4.69) is 4.98 Å². The van der Waals surface area contributed by atoms with Crippen LogP contribution in [0.5, 0.6) is 0 Å². The molecule has 6 heteroatoms. The van der Waals surface area contributed by atoms with Crippen LogP contribution < -0.4 is 0 Å². The second-order valence-corrected chi connectivity index (χ2v) is 3.12. The third kappa shape index (κ3) is 1.91. The molecule has 0 saturated heterocycles. The van der Waals surface area contributed by atoms with Gasteiger partial charge < -0.3 is 0 Å². The summed E-state index contributed by atoms with van der Waals surface area (Å²) in [5.74, 6) is -1.02. The zero-order chi connectivity index (χ0) is 10.0. The van der Waals surface area contributed by atoms with Gasteiger partial charge in [0, 0.05) is 0 Å². The molecule has 0 atom stereocenters. The Kier molecular flexibility index (Phi) is 3.08. The highest BCUT2D eigenvalue weighted by atomic mass is 127. The lowest BCUT2D eigenvalue weighted by molar-refractivity contribution is 0.149. The molecule has 0 unspecified atom stereocenters. The molecule has 1 heterocycles. The second-order valence-electron chi connectivity index (χ2n) is 2.10. The summed E-state index contributed by atoms with van der Waals surface area (Å²) in [5.41, 5.74) is -1.27. The third-order valence-corrected chi connectivity index (χ3v) is 2.21. The first kappa shape index (κ1) is 10.2. The van der Waals surface area contributed by atoms with Gasteiger partial charge in [0.2, 0.25) is 0 Å². The molecule has 68 valence electrons. The molecule has 0 aliphatic rings. The molecule has 2 nitrogen and oxygen atoms in total. The van der Waals surface area contributed by atoms with Crippen molar-refractivity contribution in [2.45, 2.75) is 6.43 Å². The van der Waals surface area contributed by atoms with Crippen molar-refractivity contribution in [3.8, 4) is 6.07 Å². The number of halogens is 4. The standard InChI is InChI=1S/C7H2F3IN2/c8-4-2-13-7(11)5(6(9)10)3(4)1-12/h2,6H. The molecule has 1 aromatic heterocycles. The minimum atomic E-state index is -2.88. The Morgan fingerprint density at radius 2 is 2.15 bits per heavy atom. The molecule has 0 amide bonds. The third-order valence-electron chi connectivity index (χ3n) is 1.35. The summed E-state index contributed by atoms with van der Waals surface area (Å²) in [6.45, 7) is 0. The molecule has 0 aliphatic heterocycles. The Bertz CT molecular complexity index is 373. The molecule has 0 N–H and O–H groups in total. The molecule has 0 radical (unpaired) electrons. The number of aromatic nitrogens is 1. The number of pyridine rings is 1. The lowest BCUT2D eigenvalue weighted by Crippen LogP contribution is -2.00. The van der Waals surface area contributed by atoms with Gasteiger partial charge in [0.1, 0.15) is 15.3 Å². The quantitative estimate of drug-likeness (QED) is 0.590. The summed E-state index contributed by atoms with van der Waals surface area (Å²) < 4.78 is 37.3. The number of rotatable bonds is 1. The Labute approximate surface area is 85.5 Å². The van der Waals surface area contributed by atoms with E-state index in [0.29, 0.717) is 0 Å². The van der Waals surface area contributed by atoms with E-state index in [0.717, 1.165) is 6.20 Å². The van der Waals surface area contributed by atoms with Gasteiger partial charge in [0.05, 0.1) is 11.8 Å². The predicted molar refractivity (Wildman–Crippen MR) is 46.6 cm³/mol. The Morgan fingerprint density at radius 3 is 2.54 bits per heavy atom. The lowest BCUT2D eigenvalue weighted by Gasteiger charge is -2.04. The monoisotopic (exact) mass is 298 g/mol. The molecular weight excluding hydrogens is 296 g/mol. The largest absolute Gasteiger partial charge is 0.267 e. The van der Waals surface area contributed by atoms with Gasteiger partial charge in [-0.1, -0.05) is 0 Å². The number of nitriles is 1. The molecule has 0 fully saturated rings. The summed E-state index contributed by atoms with van der Waals surface area (Å²) >= 11 is 1.53. The minimum Gasteiger partial charge on any atom is -0.247 e. The van der Waals surface area contributed by atoms with E-state index in [1.807, 2.05) is 0 Å². The first-order chi connectivity index (χ1) is 6.07. The van der Waals surface area contributed by atoms with E-state index >= 15 is 0 Å². The van der Waals surface area contributed by atoms with Gasteiger partial charge in [0.25, 0.3) is 6.43 Å². The smallest absolute Gasteiger partial charge is 0.247 e. The zero-order valence-corrected chi connectivity index (χ0v) is 8.22. The highest BCUT2D eigenvalue weighted by molar-refractivity contribution is 14.1. The molecule has 0 bridgehead atoms. The first-order valence-corrected chi connectivity index (χ1v) is 4.18. The van der Waals surface area contributed by atoms with Crippen LogP contribution in [0.1, 0.15) is 17.6 Å². The topological polar surface area (TPSA) is 36.7 Å². The number of hydrogen-bond acceptors (Lipinski definition) is 2. The molecule has 13 heavy (non-hydrogen) atoms. The maximum Gasteiger partial charge on any atom is 0.267 e. The van der Waals surface area contributed by atoms with Crippen LogP contribution in [-0.2, 0) is 0 Å². The Balaban J connectivity index is 3.46. The Hall–Kier alpha value is -0.840. The molecule has 0 aliphatic carbocycles. The van der Waals surface area contributed by atoms with Crippen molar-refractivity contribution in [1.82, 2.24) is 4.98 Å². The van der Waals surface area contributed by atoms with Crippen molar-refractivity contribution in [3.05, 3.63) is 26.8 Å². The average Bonchev–Trinajstić information content (AvgIpc) is 2.07. The second kappa shape index (κ2) is 3.91. The number of nitrogens with zero attached hydrogens (tertiary/aromatic N) is 2. The van der Waals surface area contributed by atoms with E-state index in [4.69, 9.17) is 5.26 Å². The van der Waals surface area contributed by atoms with Crippen LogP contribution in [0.25, 0.3) is 0 Å². The molecular formula is C7H2F3IN2. The van der Waals surface area contributed by atoms with Crippen molar-refractivity contribution in [2.75, 3.05) is 0 Å². The highest BCUT2D eigenvalue weighted by Crippen LogP contribution is 2.27. The highest BCUT2D eigenvalue weighted by Gasteiger charge is 2.20. The summed E-state index contributed by atoms with van der Waals surface area (Å²) in [6, 6.07) is 1.39. The molecule has 0 saturated carbocycles. The summed E-state index contributed by atoms with van der Waals surface area (Å²) in [6.07, 6.45) is -2.13. The molecule has 0 spiro atoms. The Morgan fingerprint density at radius 1 is 1.54 bits per heavy atom. The maximum absolute atomic E-state index is 12.8. The zero-order valence-electron chi connectivity index (χ0n) is 6.06. The van der Waals surface area contributed by atoms with Crippen LogP contribution in [0, 0.1) is 20.8 Å². The summed E-state index contributed by atoms with van der Waals surface area (Å²) in [4.78, 5) is 3.39. The van der Waals surface area contributed by atoms with E-state index in [9.17, 15) is 13.2 Å². The molecule has 0 aromatic carbocycles. The van der Waals surface area contributed by atoms with Crippen molar-refractivity contribution in [3.63, 3.8) is 0 Å². The maximum atomic E-state index is 12.8. The van der Waals surface area contributed by atoms with Crippen LogP contribution in [0.2, 0.25) is 0 Å². The SMILES string of the molecule is N#Cc1c(F)cnc(I)c1C(F)F. The van der Waals surface area contributed by atoms with E-state index in [-0.39, 0.29) is 3.70 Å². The van der Waals surface area contributed by atoms with Crippen LogP contribution in [-0.4, -0.2) is 4.98 Å². The normalized spacial score (nSPS) is 10.2. The number of alkyl halides is 2. The van der Waals surface area contributed by atoms with Crippen molar-refractivity contribution in [1.29, 1.82) is 5.26 Å². The van der Waals surface area contributed by atoms with E-state index in [1.165, 1.54) is 28.7 Å². The van der Waals surface area contributed by atoms with Gasteiger partial charge >= 0.3 is 0 Å². The van der Waals surface area contributed by atoms with Crippen LogP contribution >= 0.6 is 22.6 Å². The van der Waals surface area contributed by atoms with Crippen molar-refractivity contribution >= 4 is 22.6 Å². The summed E-state index contributed by atoms with van der Waals surface area (Å²) in [7, 11) is 0. The van der Waals surface area contributed by atoms with Crippen LogP contribution in [0.3, 0.4) is 0 Å². The van der Waals surface area contributed by atoms with Crippen molar-refractivity contribution in [2.24, 2.45) is 0 Å². The minimum absolute atomic E-state index is 0.0504. The van der Waals surface area contributed by atoms with E-state index in [1.54, 1.807) is 0 Å². The lowest BCUT2D eigenvalue weighted by atomic mass is 10.1. The fourth-order valence-corrected chi connectivity index (χ4v) is 1.44.